The summed E-state index contributed by atoms with van der Waals surface area (Å²) in [4.78, 5) is 4.34. The number of thioether (sulfide) groups is 1. The monoisotopic (exact) mass is 290 g/mol. The lowest BCUT2D eigenvalue weighted by Gasteiger charge is -2.30. The molecule has 2 unspecified atom stereocenters. The molecule has 3 rings (SSSR count). The molecule has 2 aromatic rings. The lowest BCUT2D eigenvalue weighted by atomic mass is 9.88. The molecule has 1 aliphatic carbocycles. The van der Waals surface area contributed by atoms with E-state index in [1.807, 2.05) is 12.1 Å². The number of hydrogen-bond acceptors (Lipinski definition) is 3. The molecule has 2 N–H and O–H groups in total. The van der Waals surface area contributed by atoms with Gasteiger partial charge in [-0.1, -0.05) is 35.9 Å². The van der Waals surface area contributed by atoms with Gasteiger partial charge in [0.15, 0.2) is 0 Å². The average Bonchev–Trinajstić information content (AvgIpc) is 2.45. The molecule has 0 radical (unpaired) electrons. The average molecular weight is 291 g/mol. The highest BCUT2D eigenvalue weighted by Crippen LogP contribution is 2.38. The maximum Gasteiger partial charge on any atom is 0.0964 e. The summed E-state index contributed by atoms with van der Waals surface area (Å²) in [6.45, 7) is 0. The van der Waals surface area contributed by atoms with Crippen LogP contribution in [0, 0.1) is 0 Å². The summed E-state index contributed by atoms with van der Waals surface area (Å²) in [6, 6.07) is 12.4. The molecule has 0 saturated carbocycles. The minimum absolute atomic E-state index is 0.0763. The van der Waals surface area contributed by atoms with Gasteiger partial charge in [-0.2, -0.15) is 0 Å². The van der Waals surface area contributed by atoms with Gasteiger partial charge >= 0.3 is 0 Å². The Bertz CT molecular complexity index is 571. The Kier molecular flexibility index (Phi) is 3.78. The summed E-state index contributed by atoms with van der Waals surface area (Å²) in [5.74, 6) is 0. The lowest BCUT2D eigenvalue weighted by Crippen LogP contribution is -2.29. The second-order valence-corrected chi connectivity index (χ2v) is 6.43. The number of rotatable bonds is 2. The van der Waals surface area contributed by atoms with Crippen LogP contribution in [0.25, 0.3) is 0 Å². The molecule has 2 nitrogen and oxygen atoms in total. The third-order valence-corrected chi connectivity index (χ3v) is 5.02. The summed E-state index contributed by atoms with van der Waals surface area (Å²) >= 11 is 7.60. The SMILES string of the molecule is NC1c2ccccc2CCC1Sc1ccc(Cl)cn1. The molecule has 4 heteroatoms. The zero-order valence-electron chi connectivity index (χ0n) is 10.4. The lowest BCUT2D eigenvalue weighted by molar-refractivity contribution is 0.586. The van der Waals surface area contributed by atoms with Gasteiger partial charge in [-0.05, 0) is 36.1 Å². The van der Waals surface area contributed by atoms with Crippen molar-refractivity contribution in [3.05, 3.63) is 58.7 Å². The molecule has 1 aliphatic rings. The molecule has 0 saturated heterocycles. The molecular weight excluding hydrogens is 276 g/mol. The van der Waals surface area contributed by atoms with Crippen molar-refractivity contribution >= 4 is 23.4 Å². The summed E-state index contributed by atoms with van der Waals surface area (Å²) in [5.41, 5.74) is 9.06. The Morgan fingerprint density at radius 1 is 1.21 bits per heavy atom. The molecule has 2 atom stereocenters. The first kappa shape index (κ1) is 13.0. The number of fused-ring (bicyclic) bond motifs is 1. The fourth-order valence-electron chi connectivity index (χ4n) is 2.48. The number of hydrogen-bond donors (Lipinski definition) is 1. The predicted molar refractivity (Wildman–Crippen MR) is 80.6 cm³/mol. The van der Waals surface area contributed by atoms with E-state index < -0.39 is 0 Å². The van der Waals surface area contributed by atoms with Crippen molar-refractivity contribution in [3.8, 4) is 0 Å². The van der Waals surface area contributed by atoms with E-state index in [0.717, 1.165) is 17.9 Å². The van der Waals surface area contributed by atoms with Crippen LogP contribution in [0.1, 0.15) is 23.6 Å². The van der Waals surface area contributed by atoms with Gasteiger partial charge in [0, 0.05) is 17.5 Å². The van der Waals surface area contributed by atoms with Crippen LogP contribution in [0.2, 0.25) is 5.02 Å². The molecule has 0 aliphatic heterocycles. The predicted octanol–water partition coefficient (Wildman–Crippen LogP) is 3.84. The van der Waals surface area contributed by atoms with Crippen LogP contribution in [0.5, 0.6) is 0 Å². The smallest absolute Gasteiger partial charge is 0.0964 e. The first-order valence-corrected chi connectivity index (χ1v) is 7.61. The number of aryl methyl sites for hydroxylation is 1. The van der Waals surface area contributed by atoms with E-state index in [1.165, 1.54) is 11.1 Å². The molecule has 19 heavy (non-hydrogen) atoms. The second kappa shape index (κ2) is 5.53. The fourth-order valence-corrected chi connectivity index (χ4v) is 3.69. The second-order valence-electron chi connectivity index (χ2n) is 4.73. The molecule has 0 spiro atoms. The quantitative estimate of drug-likeness (QED) is 0.913. The summed E-state index contributed by atoms with van der Waals surface area (Å²) in [5, 5.41) is 2.04. The van der Waals surface area contributed by atoms with Crippen LogP contribution in [0.3, 0.4) is 0 Å². The van der Waals surface area contributed by atoms with Gasteiger partial charge in [-0.25, -0.2) is 4.98 Å². The van der Waals surface area contributed by atoms with Crippen LogP contribution >= 0.6 is 23.4 Å². The van der Waals surface area contributed by atoms with E-state index in [4.69, 9.17) is 17.3 Å². The molecule has 0 fully saturated rings. The van der Waals surface area contributed by atoms with Crippen LogP contribution in [0.15, 0.2) is 47.6 Å². The Labute approximate surface area is 122 Å². The summed E-state index contributed by atoms with van der Waals surface area (Å²) in [7, 11) is 0. The maximum absolute atomic E-state index is 6.39. The first-order chi connectivity index (χ1) is 9.24. The summed E-state index contributed by atoms with van der Waals surface area (Å²) in [6.07, 6.45) is 3.87. The number of pyridine rings is 1. The maximum atomic E-state index is 6.39. The third kappa shape index (κ3) is 2.78. The van der Waals surface area contributed by atoms with E-state index in [2.05, 4.69) is 29.2 Å². The number of nitrogens with two attached hydrogens (primary N) is 1. The van der Waals surface area contributed by atoms with Crippen LogP contribution in [-0.2, 0) is 6.42 Å². The third-order valence-electron chi connectivity index (χ3n) is 3.49. The normalized spacial score (nSPS) is 22.0. The summed E-state index contributed by atoms with van der Waals surface area (Å²) < 4.78 is 0. The Hall–Kier alpha value is -1.03. The van der Waals surface area contributed by atoms with Crippen LogP contribution < -0.4 is 5.73 Å². The van der Waals surface area contributed by atoms with Crippen molar-refractivity contribution in [1.29, 1.82) is 0 Å². The standard InChI is InChI=1S/C15H15ClN2S/c16-11-6-8-14(18-9-11)19-13-7-5-10-3-1-2-4-12(10)15(13)17/h1-4,6,8-9,13,15H,5,7,17H2. The highest BCUT2D eigenvalue weighted by Gasteiger charge is 2.27. The molecule has 1 heterocycles. The Morgan fingerprint density at radius 2 is 2.05 bits per heavy atom. The Balaban J connectivity index is 1.79. The van der Waals surface area contributed by atoms with Gasteiger partial charge < -0.3 is 5.73 Å². The minimum atomic E-state index is 0.0763. The number of halogens is 1. The van der Waals surface area contributed by atoms with Crippen molar-refractivity contribution in [2.75, 3.05) is 0 Å². The van der Waals surface area contributed by atoms with Crippen LogP contribution in [0.4, 0.5) is 0 Å². The number of aromatic nitrogens is 1. The highest BCUT2D eigenvalue weighted by molar-refractivity contribution is 7.99. The van der Waals surface area contributed by atoms with Gasteiger partial charge in [-0.15, -0.1) is 11.8 Å². The van der Waals surface area contributed by atoms with Crippen molar-refractivity contribution in [2.45, 2.75) is 29.2 Å². The van der Waals surface area contributed by atoms with Crippen molar-refractivity contribution in [1.82, 2.24) is 4.98 Å². The van der Waals surface area contributed by atoms with E-state index in [9.17, 15) is 0 Å². The van der Waals surface area contributed by atoms with Gasteiger partial charge in [0.1, 0.15) is 0 Å². The minimum Gasteiger partial charge on any atom is -0.323 e. The Morgan fingerprint density at radius 3 is 2.84 bits per heavy atom. The molecule has 0 amide bonds. The molecule has 1 aromatic heterocycles. The van der Waals surface area contributed by atoms with E-state index in [-0.39, 0.29) is 6.04 Å². The van der Waals surface area contributed by atoms with Crippen molar-refractivity contribution in [3.63, 3.8) is 0 Å². The molecule has 98 valence electrons. The van der Waals surface area contributed by atoms with Crippen molar-refractivity contribution in [2.24, 2.45) is 5.73 Å². The first-order valence-electron chi connectivity index (χ1n) is 6.35. The largest absolute Gasteiger partial charge is 0.323 e. The van der Waals surface area contributed by atoms with Gasteiger partial charge in [0.05, 0.1) is 10.0 Å². The van der Waals surface area contributed by atoms with Crippen molar-refractivity contribution < 1.29 is 0 Å². The zero-order chi connectivity index (χ0) is 13.2. The van der Waals surface area contributed by atoms with E-state index >= 15 is 0 Å². The van der Waals surface area contributed by atoms with Gasteiger partial charge in [0.25, 0.3) is 0 Å². The fraction of sp³-hybridized carbons (Fsp3) is 0.267. The molecule has 0 bridgehead atoms. The molecule has 1 aromatic carbocycles. The number of nitrogens with zero attached hydrogens (tertiary/aromatic N) is 1. The van der Waals surface area contributed by atoms with E-state index in [1.54, 1.807) is 18.0 Å². The molecular formula is C15H15ClN2S. The zero-order valence-corrected chi connectivity index (χ0v) is 12.0. The van der Waals surface area contributed by atoms with Gasteiger partial charge in [0.2, 0.25) is 0 Å². The van der Waals surface area contributed by atoms with Crippen LogP contribution in [-0.4, -0.2) is 10.2 Å². The number of benzene rings is 1. The highest BCUT2D eigenvalue weighted by atomic mass is 35.5. The van der Waals surface area contributed by atoms with E-state index in [0.29, 0.717) is 10.3 Å². The topological polar surface area (TPSA) is 38.9 Å². The van der Waals surface area contributed by atoms with Gasteiger partial charge in [-0.3, -0.25) is 0 Å².